The van der Waals surface area contributed by atoms with Gasteiger partial charge in [0.1, 0.15) is 17.6 Å². The molecule has 0 aliphatic heterocycles. The van der Waals surface area contributed by atoms with Gasteiger partial charge in [-0.05, 0) is 42.7 Å². The average Bonchev–Trinajstić information content (AvgIpc) is 2.53. The smallest absolute Gasteiger partial charge is 0.129 e. The monoisotopic (exact) mass is 281 g/mol. The SMILES string of the molecule is CCc1cc(C#N)c(C)nc1NCc1ccc(OC)cc1. The fraction of sp³-hybridized carbons (Fsp3) is 0.294. The second-order valence-electron chi connectivity index (χ2n) is 4.80. The third-order valence-corrected chi connectivity index (χ3v) is 3.41. The Labute approximate surface area is 125 Å². The van der Waals surface area contributed by atoms with Crippen LogP contribution in [-0.4, -0.2) is 12.1 Å². The number of hydrogen-bond donors (Lipinski definition) is 1. The molecule has 0 aliphatic rings. The minimum Gasteiger partial charge on any atom is -0.497 e. The van der Waals surface area contributed by atoms with Gasteiger partial charge >= 0.3 is 0 Å². The Kier molecular flexibility index (Phi) is 4.78. The molecular weight excluding hydrogens is 262 g/mol. The lowest BCUT2D eigenvalue weighted by Crippen LogP contribution is -2.06. The van der Waals surface area contributed by atoms with E-state index in [0.29, 0.717) is 12.1 Å². The highest BCUT2D eigenvalue weighted by Crippen LogP contribution is 2.19. The summed E-state index contributed by atoms with van der Waals surface area (Å²) in [5.74, 6) is 1.70. The summed E-state index contributed by atoms with van der Waals surface area (Å²) in [4.78, 5) is 4.51. The molecule has 0 saturated heterocycles. The van der Waals surface area contributed by atoms with Crippen LogP contribution in [0.5, 0.6) is 5.75 Å². The van der Waals surface area contributed by atoms with Gasteiger partial charge < -0.3 is 10.1 Å². The summed E-state index contributed by atoms with van der Waals surface area (Å²) < 4.78 is 5.15. The van der Waals surface area contributed by atoms with Crippen molar-refractivity contribution in [3.05, 3.63) is 52.7 Å². The Bertz CT molecular complexity index is 657. The number of methoxy groups -OCH3 is 1. The van der Waals surface area contributed by atoms with Gasteiger partial charge in [0.25, 0.3) is 0 Å². The van der Waals surface area contributed by atoms with Gasteiger partial charge in [-0.2, -0.15) is 5.26 Å². The highest BCUT2D eigenvalue weighted by Gasteiger charge is 2.07. The van der Waals surface area contributed by atoms with E-state index in [9.17, 15) is 0 Å². The van der Waals surface area contributed by atoms with E-state index in [0.717, 1.165) is 34.8 Å². The highest BCUT2D eigenvalue weighted by molar-refractivity contribution is 5.51. The number of anilines is 1. The molecule has 0 bridgehead atoms. The molecule has 1 aromatic carbocycles. The molecule has 4 heteroatoms. The molecule has 0 amide bonds. The number of hydrogen-bond acceptors (Lipinski definition) is 4. The first kappa shape index (κ1) is 14.9. The number of ether oxygens (including phenoxy) is 1. The van der Waals surface area contributed by atoms with Crippen LogP contribution < -0.4 is 10.1 Å². The highest BCUT2D eigenvalue weighted by atomic mass is 16.5. The van der Waals surface area contributed by atoms with Crippen molar-refractivity contribution < 1.29 is 4.74 Å². The van der Waals surface area contributed by atoms with E-state index in [1.54, 1.807) is 7.11 Å². The Morgan fingerprint density at radius 2 is 2.00 bits per heavy atom. The fourth-order valence-electron chi connectivity index (χ4n) is 2.11. The summed E-state index contributed by atoms with van der Waals surface area (Å²) in [7, 11) is 1.66. The number of aryl methyl sites for hydroxylation is 2. The van der Waals surface area contributed by atoms with E-state index < -0.39 is 0 Å². The largest absolute Gasteiger partial charge is 0.497 e. The number of nitrogens with zero attached hydrogens (tertiary/aromatic N) is 2. The van der Waals surface area contributed by atoms with E-state index in [4.69, 9.17) is 10.00 Å². The molecular formula is C17H19N3O. The molecule has 21 heavy (non-hydrogen) atoms. The van der Waals surface area contributed by atoms with Crippen LogP contribution in [0.4, 0.5) is 5.82 Å². The Hall–Kier alpha value is -2.54. The van der Waals surface area contributed by atoms with Crippen molar-refractivity contribution in [2.24, 2.45) is 0 Å². The number of nitriles is 1. The van der Waals surface area contributed by atoms with Crippen molar-refractivity contribution in [3.63, 3.8) is 0 Å². The molecule has 0 unspecified atom stereocenters. The lowest BCUT2D eigenvalue weighted by Gasteiger charge is -2.12. The van der Waals surface area contributed by atoms with Crippen LogP contribution in [0.1, 0.15) is 29.3 Å². The van der Waals surface area contributed by atoms with Crippen LogP contribution in [0.15, 0.2) is 30.3 Å². The van der Waals surface area contributed by atoms with Crippen molar-refractivity contribution in [2.75, 3.05) is 12.4 Å². The maximum Gasteiger partial charge on any atom is 0.129 e. The second kappa shape index (κ2) is 6.76. The van der Waals surface area contributed by atoms with E-state index in [2.05, 4.69) is 23.3 Å². The van der Waals surface area contributed by atoms with Crippen molar-refractivity contribution in [1.29, 1.82) is 5.26 Å². The Balaban J connectivity index is 2.15. The van der Waals surface area contributed by atoms with Gasteiger partial charge in [-0.3, -0.25) is 0 Å². The van der Waals surface area contributed by atoms with Gasteiger partial charge in [-0.1, -0.05) is 19.1 Å². The van der Waals surface area contributed by atoms with Gasteiger partial charge in [-0.25, -0.2) is 4.98 Å². The van der Waals surface area contributed by atoms with Crippen LogP contribution >= 0.6 is 0 Å². The molecule has 1 heterocycles. The summed E-state index contributed by atoms with van der Waals surface area (Å²) in [6, 6.07) is 12.0. The summed E-state index contributed by atoms with van der Waals surface area (Å²) >= 11 is 0. The molecule has 108 valence electrons. The van der Waals surface area contributed by atoms with Crippen molar-refractivity contribution >= 4 is 5.82 Å². The van der Waals surface area contributed by atoms with E-state index in [1.165, 1.54) is 0 Å². The van der Waals surface area contributed by atoms with E-state index in [-0.39, 0.29) is 0 Å². The first-order valence-corrected chi connectivity index (χ1v) is 6.95. The zero-order chi connectivity index (χ0) is 15.2. The quantitative estimate of drug-likeness (QED) is 0.912. The molecule has 1 aromatic heterocycles. The molecule has 0 aliphatic carbocycles. The zero-order valence-electron chi connectivity index (χ0n) is 12.6. The van der Waals surface area contributed by atoms with Gasteiger partial charge in [-0.15, -0.1) is 0 Å². The third-order valence-electron chi connectivity index (χ3n) is 3.41. The van der Waals surface area contributed by atoms with Crippen LogP contribution in [-0.2, 0) is 13.0 Å². The van der Waals surface area contributed by atoms with Gasteiger partial charge in [0.15, 0.2) is 0 Å². The van der Waals surface area contributed by atoms with Gasteiger partial charge in [0, 0.05) is 6.54 Å². The van der Waals surface area contributed by atoms with Crippen LogP contribution in [0, 0.1) is 18.3 Å². The average molecular weight is 281 g/mol. The topological polar surface area (TPSA) is 57.9 Å². The maximum absolute atomic E-state index is 9.06. The normalized spacial score (nSPS) is 10.0. The molecule has 0 spiro atoms. The van der Waals surface area contributed by atoms with Crippen LogP contribution in [0.2, 0.25) is 0 Å². The van der Waals surface area contributed by atoms with Crippen molar-refractivity contribution in [1.82, 2.24) is 4.98 Å². The van der Waals surface area contributed by atoms with Crippen LogP contribution in [0.3, 0.4) is 0 Å². The number of pyridine rings is 1. The maximum atomic E-state index is 9.06. The number of rotatable bonds is 5. The Morgan fingerprint density at radius 1 is 1.29 bits per heavy atom. The van der Waals surface area contributed by atoms with Gasteiger partial charge in [0.2, 0.25) is 0 Å². The summed E-state index contributed by atoms with van der Waals surface area (Å²) in [5.41, 5.74) is 3.61. The number of benzene rings is 1. The van der Waals surface area contributed by atoms with Crippen molar-refractivity contribution in [3.8, 4) is 11.8 Å². The van der Waals surface area contributed by atoms with Crippen molar-refractivity contribution in [2.45, 2.75) is 26.8 Å². The van der Waals surface area contributed by atoms with Gasteiger partial charge in [0.05, 0.1) is 18.4 Å². The Morgan fingerprint density at radius 3 is 2.57 bits per heavy atom. The minimum absolute atomic E-state index is 0.641. The molecule has 4 nitrogen and oxygen atoms in total. The summed E-state index contributed by atoms with van der Waals surface area (Å²) in [6.07, 6.45) is 0.840. The fourth-order valence-corrected chi connectivity index (χ4v) is 2.11. The molecule has 2 rings (SSSR count). The standard InChI is InChI=1S/C17H19N3O/c1-4-14-9-15(10-18)12(2)20-17(14)19-11-13-5-7-16(21-3)8-6-13/h5-9H,4,11H2,1-3H3,(H,19,20). The number of nitrogens with one attached hydrogen (secondary N) is 1. The summed E-state index contributed by atoms with van der Waals surface area (Å²) in [6.45, 7) is 4.61. The predicted octanol–water partition coefficient (Wildman–Crippen LogP) is 3.44. The van der Waals surface area contributed by atoms with Crippen LogP contribution in [0.25, 0.3) is 0 Å². The lowest BCUT2D eigenvalue weighted by atomic mass is 10.1. The predicted molar refractivity (Wildman–Crippen MR) is 83.4 cm³/mol. The van der Waals surface area contributed by atoms with E-state index in [1.807, 2.05) is 37.3 Å². The second-order valence-corrected chi connectivity index (χ2v) is 4.80. The first-order valence-electron chi connectivity index (χ1n) is 6.95. The van der Waals surface area contributed by atoms with E-state index >= 15 is 0 Å². The summed E-state index contributed by atoms with van der Waals surface area (Å²) in [5, 5.41) is 12.4. The zero-order valence-corrected chi connectivity index (χ0v) is 12.6. The minimum atomic E-state index is 0.641. The molecule has 0 saturated carbocycles. The number of aromatic nitrogens is 1. The molecule has 2 aromatic rings. The molecule has 1 N–H and O–H groups in total. The first-order chi connectivity index (χ1) is 10.2. The molecule has 0 atom stereocenters. The molecule has 0 fully saturated rings. The molecule has 0 radical (unpaired) electrons. The third kappa shape index (κ3) is 3.51. The lowest BCUT2D eigenvalue weighted by molar-refractivity contribution is 0.414.